The Morgan fingerprint density at radius 2 is 2.05 bits per heavy atom. The predicted octanol–water partition coefficient (Wildman–Crippen LogP) is 2.01. The SMILES string of the molecule is CC1CN(C(=O)c2ccccc2C2CCNCC2)CCO1. The third kappa shape index (κ3) is 3.27. The van der Waals surface area contributed by atoms with E-state index in [1.54, 1.807) is 0 Å². The first-order chi connectivity index (χ1) is 10.3. The van der Waals surface area contributed by atoms with Gasteiger partial charge in [-0.1, -0.05) is 18.2 Å². The molecule has 0 saturated carbocycles. The van der Waals surface area contributed by atoms with E-state index in [1.807, 2.05) is 24.0 Å². The van der Waals surface area contributed by atoms with Gasteiger partial charge in [0.15, 0.2) is 0 Å². The van der Waals surface area contributed by atoms with Crippen LogP contribution in [0.25, 0.3) is 0 Å². The maximum absolute atomic E-state index is 12.9. The molecule has 1 atom stereocenters. The van der Waals surface area contributed by atoms with E-state index in [4.69, 9.17) is 4.74 Å². The van der Waals surface area contributed by atoms with Crippen molar-refractivity contribution in [3.8, 4) is 0 Å². The van der Waals surface area contributed by atoms with Crippen LogP contribution in [0.15, 0.2) is 24.3 Å². The number of hydrogen-bond donors (Lipinski definition) is 1. The molecule has 21 heavy (non-hydrogen) atoms. The van der Waals surface area contributed by atoms with Crippen molar-refractivity contribution in [3.63, 3.8) is 0 Å². The van der Waals surface area contributed by atoms with Crippen LogP contribution < -0.4 is 5.32 Å². The van der Waals surface area contributed by atoms with Gasteiger partial charge in [0.05, 0.1) is 12.7 Å². The molecule has 4 heteroatoms. The van der Waals surface area contributed by atoms with Crippen LogP contribution in [0.3, 0.4) is 0 Å². The zero-order chi connectivity index (χ0) is 14.7. The summed E-state index contributed by atoms with van der Waals surface area (Å²) < 4.78 is 5.54. The molecule has 0 aromatic heterocycles. The molecule has 1 amide bonds. The van der Waals surface area contributed by atoms with Crippen LogP contribution in [-0.2, 0) is 4.74 Å². The zero-order valence-corrected chi connectivity index (χ0v) is 12.7. The molecule has 0 spiro atoms. The number of ether oxygens (including phenoxy) is 1. The van der Waals surface area contributed by atoms with Crippen LogP contribution >= 0.6 is 0 Å². The van der Waals surface area contributed by atoms with E-state index in [2.05, 4.69) is 17.4 Å². The van der Waals surface area contributed by atoms with Gasteiger partial charge < -0.3 is 15.0 Å². The third-order valence-corrected chi connectivity index (χ3v) is 4.50. The number of nitrogens with zero attached hydrogens (tertiary/aromatic N) is 1. The number of carbonyl (C=O) groups excluding carboxylic acids is 1. The molecule has 2 heterocycles. The minimum Gasteiger partial charge on any atom is -0.375 e. The Bertz CT molecular complexity index is 497. The summed E-state index contributed by atoms with van der Waals surface area (Å²) in [4.78, 5) is 14.8. The number of amides is 1. The lowest BCUT2D eigenvalue weighted by atomic mass is 9.86. The second-order valence-corrected chi connectivity index (χ2v) is 6.04. The van der Waals surface area contributed by atoms with Crippen LogP contribution in [0.4, 0.5) is 0 Å². The summed E-state index contributed by atoms with van der Waals surface area (Å²) in [6.07, 6.45) is 2.36. The first kappa shape index (κ1) is 14.5. The standard InChI is InChI=1S/C17H24N2O2/c1-13-12-19(10-11-21-13)17(20)16-5-3-2-4-15(16)14-6-8-18-9-7-14/h2-5,13-14,18H,6-12H2,1H3. The predicted molar refractivity (Wildman–Crippen MR) is 82.6 cm³/mol. The Balaban J connectivity index is 1.82. The second kappa shape index (κ2) is 6.58. The lowest BCUT2D eigenvalue weighted by Gasteiger charge is -2.32. The first-order valence-electron chi connectivity index (χ1n) is 7.96. The fraction of sp³-hybridized carbons (Fsp3) is 0.588. The largest absolute Gasteiger partial charge is 0.375 e. The van der Waals surface area contributed by atoms with Crippen molar-refractivity contribution in [1.82, 2.24) is 10.2 Å². The molecular weight excluding hydrogens is 264 g/mol. The molecule has 4 nitrogen and oxygen atoms in total. The summed E-state index contributed by atoms with van der Waals surface area (Å²) >= 11 is 0. The van der Waals surface area contributed by atoms with Crippen molar-refractivity contribution in [2.24, 2.45) is 0 Å². The average Bonchev–Trinajstić information content (AvgIpc) is 2.55. The van der Waals surface area contributed by atoms with Crippen molar-refractivity contribution in [2.75, 3.05) is 32.8 Å². The Labute approximate surface area is 126 Å². The van der Waals surface area contributed by atoms with Crippen molar-refractivity contribution in [3.05, 3.63) is 35.4 Å². The smallest absolute Gasteiger partial charge is 0.254 e. The number of carbonyl (C=O) groups is 1. The average molecular weight is 288 g/mol. The number of piperidine rings is 1. The molecular formula is C17H24N2O2. The number of rotatable bonds is 2. The van der Waals surface area contributed by atoms with Crippen LogP contribution in [-0.4, -0.2) is 49.7 Å². The van der Waals surface area contributed by atoms with Crippen molar-refractivity contribution in [2.45, 2.75) is 31.8 Å². The van der Waals surface area contributed by atoms with Gasteiger partial charge in [0.2, 0.25) is 0 Å². The van der Waals surface area contributed by atoms with Crippen LogP contribution in [0.5, 0.6) is 0 Å². The fourth-order valence-electron chi connectivity index (χ4n) is 3.35. The van der Waals surface area contributed by atoms with Gasteiger partial charge in [-0.05, 0) is 50.4 Å². The maximum atomic E-state index is 12.9. The van der Waals surface area contributed by atoms with E-state index >= 15 is 0 Å². The first-order valence-corrected chi connectivity index (χ1v) is 7.96. The molecule has 0 radical (unpaired) electrons. The van der Waals surface area contributed by atoms with E-state index in [1.165, 1.54) is 5.56 Å². The number of benzene rings is 1. The monoisotopic (exact) mass is 288 g/mol. The number of hydrogen-bond acceptors (Lipinski definition) is 3. The lowest BCUT2D eigenvalue weighted by molar-refractivity contribution is -0.0124. The molecule has 1 aromatic carbocycles. The van der Waals surface area contributed by atoms with Gasteiger partial charge in [-0.2, -0.15) is 0 Å². The lowest BCUT2D eigenvalue weighted by Crippen LogP contribution is -2.44. The van der Waals surface area contributed by atoms with Gasteiger partial charge in [-0.3, -0.25) is 4.79 Å². The highest BCUT2D eigenvalue weighted by molar-refractivity contribution is 5.96. The van der Waals surface area contributed by atoms with Crippen molar-refractivity contribution < 1.29 is 9.53 Å². The summed E-state index contributed by atoms with van der Waals surface area (Å²) in [6.45, 7) is 6.15. The van der Waals surface area contributed by atoms with E-state index in [9.17, 15) is 4.79 Å². The molecule has 114 valence electrons. The van der Waals surface area contributed by atoms with E-state index in [0.717, 1.165) is 31.5 Å². The molecule has 2 aliphatic rings. The molecule has 2 fully saturated rings. The van der Waals surface area contributed by atoms with Gasteiger partial charge in [0.25, 0.3) is 5.91 Å². The Morgan fingerprint density at radius 1 is 1.29 bits per heavy atom. The van der Waals surface area contributed by atoms with Crippen LogP contribution in [0, 0.1) is 0 Å². The summed E-state index contributed by atoms with van der Waals surface area (Å²) in [5, 5.41) is 3.39. The fourth-order valence-corrected chi connectivity index (χ4v) is 3.35. The van der Waals surface area contributed by atoms with Gasteiger partial charge in [-0.25, -0.2) is 0 Å². The molecule has 1 unspecified atom stereocenters. The van der Waals surface area contributed by atoms with Gasteiger partial charge in [0.1, 0.15) is 0 Å². The number of nitrogens with one attached hydrogen (secondary N) is 1. The molecule has 1 aromatic rings. The van der Waals surface area contributed by atoms with E-state index in [0.29, 0.717) is 25.6 Å². The van der Waals surface area contributed by atoms with Crippen LogP contribution in [0.1, 0.15) is 41.6 Å². The van der Waals surface area contributed by atoms with E-state index < -0.39 is 0 Å². The number of morpholine rings is 1. The third-order valence-electron chi connectivity index (χ3n) is 4.50. The normalized spacial score (nSPS) is 24.0. The highest BCUT2D eigenvalue weighted by Crippen LogP contribution is 2.29. The Hall–Kier alpha value is -1.39. The zero-order valence-electron chi connectivity index (χ0n) is 12.7. The summed E-state index contributed by atoms with van der Waals surface area (Å²) in [6, 6.07) is 8.14. The van der Waals surface area contributed by atoms with Gasteiger partial charge in [-0.15, -0.1) is 0 Å². The maximum Gasteiger partial charge on any atom is 0.254 e. The minimum atomic E-state index is 0.133. The summed E-state index contributed by atoms with van der Waals surface area (Å²) in [7, 11) is 0. The van der Waals surface area contributed by atoms with E-state index in [-0.39, 0.29) is 12.0 Å². The van der Waals surface area contributed by atoms with Crippen molar-refractivity contribution in [1.29, 1.82) is 0 Å². The quantitative estimate of drug-likeness (QED) is 0.905. The highest BCUT2D eigenvalue weighted by atomic mass is 16.5. The molecule has 3 rings (SSSR count). The molecule has 0 aliphatic carbocycles. The van der Waals surface area contributed by atoms with Gasteiger partial charge in [0, 0.05) is 18.7 Å². The molecule has 2 aliphatic heterocycles. The Morgan fingerprint density at radius 3 is 2.81 bits per heavy atom. The topological polar surface area (TPSA) is 41.6 Å². The molecule has 1 N–H and O–H groups in total. The van der Waals surface area contributed by atoms with Gasteiger partial charge >= 0.3 is 0 Å². The second-order valence-electron chi connectivity index (χ2n) is 6.04. The van der Waals surface area contributed by atoms with Crippen LogP contribution in [0.2, 0.25) is 0 Å². The van der Waals surface area contributed by atoms with Crippen molar-refractivity contribution >= 4 is 5.91 Å². The summed E-state index contributed by atoms with van der Waals surface area (Å²) in [5.74, 6) is 0.671. The highest BCUT2D eigenvalue weighted by Gasteiger charge is 2.26. The minimum absolute atomic E-state index is 0.133. The molecule has 0 bridgehead atoms. The summed E-state index contributed by atoms with van der Waals surface area (Å²) in [5.41, 5.74) is 2.11. The Kier molecular flexibility index (Phi) is 4.56. The molecule has 2 saturated heterocycles.